The fourth-order valence-electron chi connectivity index (χ4n) is 3.38. The van der Waals surface area contributed by atoms with Gasteiger partial charge in [-0.05, 0) is 16.7 Å². The maximum absolute atomic E-state index is 4.52. The van der Waals surface area contributed by atoms with E-state index in [-0.39, 0.29) is 0 Å². The van der Waals surface area contributed by atoms with E-state index < -0.39 is 0 Å². The van der Waals surface area contributed by atoms with E-state index in [2.05, 4.69) is 78.7 Å². The third kappa shape index (κ3) is 3.75. The molecule has 0 aliphatic carbocycles. The molecule has 5 rings (SSSR count). The number of rotatable bonds is 6. The van der Waals surface area contributed by atoms with Gasteiger partial charge in [0, 0.05) is 36.4 Å². The number of nitrogens with zero attached hydrogens (tertiary/aromatic N) is 4. The summed E-state index contributed by atoms with van der Waals surface area (Å²) >= 11 is 1.65. The highest BCUT2D eigenvalue weighted by Gasteiger charge is 2.12. The van der Waals surface area contributed by atoms with Crippen LogP contribution in [-0.4, -0.2) is 19.5 Å². The van der Waals surface area contributed by atoms with Gasteiger partial charge in [0.2, 0.25) is 0 Å². The topological polar surface area (TPSA) is 55.6 Å². The largest absolute Gasteiger partial charge is 0.365 e. The molecule has 0 amide bonds. The van der Waals surface area contributed by atoms with E-state index in [1.165, 1.54) is 22.3 Å². The number of hydrogen-bond acceptors (Lipinski definition) is 5. The summed E-state index contributed by atoms with van der Waals surface area (Å²) in [6.07, 6.45) is 7.24. The molecule has 3 heterocycles. The molecule has 2 aromatic carbocycles. The molecule has 29 heavy (non-hydrogen) atoms. The predicted molar refractivity (Wildman–Crippen MR) is 118 cm³/mol. The summed E-state index contributed by atoms with van der Waals surface area (Å²) in [7, 11) is 0. The quantitative estimate of drug-likeness (QED) is 0.427. The molecule has 0 saturated carbocycles. The molecule has 1 N–H and O–H groups in total. The van der Waals surface area contributed by atoms with Crippen LogP contribution in [-0.2, 0) is 13.1 Å². The van der Waals surface area contributed by atoms with Gasteiger partial charge in [-0.15, -0.1) is 11.3 Å². The van der Waals surface area contributed by atoms with Crippen molar-refractivity contribution in [1.29, 1.82) is 0 Å². The SMILES string of the molecule is c1ccc(-c2csc3ncnc(NCc4ccc(Cn5ccnc5)cc4)c23)cc1. The van der Waals surface area contributed by atoms with E-state index in [1.807, 2.05) is 18.6 Å². The molecule has 0 bridgehead atoms. The lowest BCUT2D eigenvalue weighted by Gasteiger charge is -2.09. The fraction of sp³-hybridized carbons (Fsp3) is 0.0870. The number of nitrogens with one attached hydrogen (secondary N) is 1. The molecule has 0 fully saturated rings. The van der Waals surface area contributed by atoms with Crippen LogP contribution < -0.4 is 5.32 Å². The van der Waals surface area contributed by atoms with Gasteiger partial charge in [-0.1, -0.05) is 54.6 Å². The van der Waals surface area contributed by atoms with Gasteiger partial charge in [0.1, 0.15) is 17.0 Å². The monoisotopic (exact) mass is 397 g/mol. The number of hydrogen-bond donors (Lipinski definition) is 1. The maximum Gasteiger partial charge on any atom is 0.139 e. The van der Waals surface area contributed by atoms with E-state index >= 15 is 0 Å². The van der Waals surface area contributed by atoms with E-state index in [0.29, 0.717) is 6.54 Å². The molecule has 5 nitrogen and oxygen atoms in total. The predicted octanol–water partition coefficient (Wildman–Crippen LogP) is 5.22. The van der Waals surface area contributed by atoms with Gasteiger partial charge in [0.05, 0.1) is 11.7 Å². The zero-order chi connectivity index (χ0) is 19.5. The Labute approximate surface area is 172 Å². The fourth-order valence-corrected chi connectivity index (χ4v) is 4.29. The van der Waals surface area contributed by atoms with Crippen molar-refractivity contribution in [2.75, 3.05) is 5.32 Å². The Morgan fingerprint density at radius 1 is 0.931 bits per heavy atom. The summed E-state index contributed by atoms with van der Waals surface area (Å²) in [4.78, 5) is 14.1. The summed E-state index contributed by atoms with van der Waals surface area (Å²) < 4.78 is 2.06. The van der Waals surface area contributed by atoms with E-state index in [9.17, 15) is 0 Å². The van der Waals surface area contributed by atoms with Crippen molar-refractivity contribution in [3.05, 3.63) is 96.2 Å². The van der Waals surface area contributed by atoms with Crippen molar-refractivity contribution in [1.82, 2.24) is 19.5 Å². The van der Waals surface area contributed by atoms with Crippen molar-refractivity contribution in [3.8, 4) is 11.1 Å². The first kappa shape index (κ1) is 17.6. The minimum atomic E-state index is 0.710. The lowest BCUT2D eigenvalue weighted by molar-refractivity contribution is 0.797. The third-order valence-electron chi connectivity index (χ3n) is 4.86. The highest BCUT2D eigenvalue weighted by atomic mass is 32.1. The van der Waals surface area contributed by atoms with Crippen LogP contribution in [0.3, 0.4) is 0 Å². The van der Waals surface area contributed by atoms with Crippen molar-refractivity contribution in [3.63, 3.8) is 0 Å². The van der Waals surface area contributed by atoms with Crippen molar-refractivity contribution >= 4 is 27.4 Å². The molecule has 0 spiro atoms. The molecule has 3 aromatic heterocycles. The third-order valence-corrected chi connectivity index (χ3v) is 5.75. The van der Waals surface area contributed by atoms with Gasteiger partial charge in [-0.3, -0.25) is 0 Å². The molecule has 0 unspecified atom stereocenters. The normalized spacial score (nSPS) is 11.0. The summed E-state index contributed by atoms with van der Waals surface area (Å²) in [6, 6.07) is 19.0. The Morgan fingerprint density at radius 3 is 2.55 bits per heavy atom. The van der Waals surface area contributed by atoms with E-state index in [4.69, 9.17) is 0 Å². The van der Waals surface area contributed by atoms with Crippen molar-refractivity contribution < 1.29 is 0 Å². The Balaban J connectivity index is 1.36. The van der Waals surface area contributed by atoms with Crippen LogP contribution in [0.4, 0.5) is 5.82 Å². The number of thiophene rings is 1. The zero-order valence-electron chi connectivity index (χ0n) is 15.7. The summed E-state index contributed by atoms with van der Waals surface area (Å²) in [5.74, 6) is 0.873. The van der Waals surface area contributed by atoms with Crippen LogP contribution in [0, 0.1) is 0 Å². The number of fused-ring (bicyclic) bond motifs is 1. The van der Waals surface area contributed by atoms with E-state index in [0.717, 1.165) is 22.6 Å². The summed E-state index contributed by atoms with van der Waals surface area (Å²) in [6.45, 7) is 1.54. The van der Waals surface area contributed by atoms with Gasteiger partial charge in [-0.25, -0.2) is 15.0 Å². The number of anilines is 1. The Bertz CT molecular complexity index is 1210. The molecule has 0 aliphatic heterocycles. The maximum atomic E-state index is 4.52. The number of aromatic nitrogens is 4. The molecule has 0 atom stereocenters. The van der Waals surface area contributed by atoms with Crippen molar-refractivity contribution in [2.24, 2.45) is 0 Å². The van der Waals surface area contributed by atoms with Gasteiger partial charge in [0.25, 0.3) is 0 Å². The molecular weight excluding hydrogens is 378 g/mol. The zero-order valence-corrected chi connectivity index (χ0v) is 16.5. The number of imidazole rings is 1. The molecule has 0 radical (unpaired) electrons. The minimum Gasteiger partial charge on any atom is -0.365 e. The first-order valence-electron chi connectivity index (χ1n) is 9.42. The Kier molecular flexibility index (Phi) is 4.76. The van der Waals surface area contributed by atoms with E-state index in [1.54, 1.807) is 23.9 Å². The second-order valence-electron chi connectivity index (χ2n) is 6.82. The molecule has 142 valence electrons. The summed E-state index contributed by atoms with van der Waals surface area (Å²) in [5.41, 5.74) is 4.81. The van der Waals surface area contributed by atoms with Crippen LogP contribution in [0.2, 0.25) is 0 Å². The Hall–Kier alpha value is -3.51. The van der Waals surface area contributed by atoms with Gasteiger partial charge < -0.3 is 9.88 Å². The second kappa shape index (κ2) is 7.85. The highest BCUT2D eigenvalue weighted by Crippen LogP contribution is 2.36. The lowest BCUT2D eigenvalue weighted by Crippen LogP contribution is -2.03. The van der Waals surface area contributed by atoms with Crippen LogP contribution >= 0.6 is 11.3 Å². The highest BCUT2D eigenvalue weighted by molar-refractivity contribution is 7.17. The molecule has 5 aromatic rings. The molecule has 0 saturated heterocycles. The first-order valence-corrected chi connectivity index (χ1v) is 10.3. The minimum absolute atomic E-state index is 0.710. The second-order valence-corrected chi connectivity index (χ2v) is 7.68. The molecule has 0 aliphatic rings. The Morgan fingerprint density at radius 2 is 1.76 bits per heavy atom. The lowest BCUT2D eigenvalue weighted by atomic mass is 10.1. The molecule has 6 heteroatoms. The van der Waals surface area contributed by atoms with Gasteiger partial charge in [-0.2, -0.15) is 0 Å². The average molecular weight is 398 g/mol. The van der Waals surface area contributed by atoms with Crippen LogP contribution in [0.5, 0.6) is 0 Å². The van der Waals surface area contributed by atoms with Crippen LogP contribution in [0.1, 0.15) is 11.1 Å². The smallest absolute Gasteiger partial charge is 0.139 e. The number of benzene rings is 2. The average Bonchev–Trinajstić information content (AvgIpc) is 3.44. The van der Waals surface area contributed by atoms with Gasteiger partial charge in [0.15, 0.2) is 0 Å². The van der Waals surface area contributed by atoms with Crippen molar-refractivity contribution in [2.45, 2.75) is 13.1 Å². The summed E-state index contributed by atoms with van der Waals surface area (Å²) in [5, 5.41) is 6.75. The molecular formula is C23H19N5S. The van der Waals surface area contributed by atoms with Gasteiger partial charge >= 0.3 is 0 Å². The standard InChI is InChI=1S/C23H19N5S/c1-2-4-19(5-3-1)20-14-29-23-21(20)22(26-15-27-23)25-12-17-6-8-18(9-7-17)13-28-11-10-24-16-28/h1-11,14-16H,12-13H2,(H,25,26,27). The first-order chi connectivity index (χ1) is 14.4. The van der Waals surface area contributed by atoms with Crippen LogP contribution in [0.15, 0.2) is 85.0 Å². The van der Waals surface area contributed by atoms with Crippen LogP contribution in [0.25, 0.3) is 21.3 Å².